The van der Waals surface area contributed by atoms with Gasteiger partial charge in [0.1, 0.15) is 5.76 Å². The third-order valence-corrected chi connectivity index (χ3v) is 3.39. The number of hydrogen-bond donors (Lipinski definition) is 1. The van der Waals surface area contributed by atoms with Crippen LogP contribution in [0.15, 0.2) is 47.1 Å². The fourth-order valence-corrected chi connectivity index (χ4v) is 2.30. The molecule has 0 aliphatic heterocycles. The van der Waals surface area contributed by atoms with Crippen molar-refractivity contribution in [2.24, 2.45) is 0 Å². The Balaban J connectivity index is 2.05. The Morgan fingerprint density at radius 3 is 2.70 bits per heavy atom. The summed E-state index contributed by atoms with van der Waals surface area (Å²) in [6.45, 7) is 6.30. The number of nitrogens with zero attached hydrogens (tertiary/aromatic N) is 1. The van der Waals surface area contributed by atoms with Crippen molar-refractivity contribution in [3.05, 3.63) is 59.5 Å². The molecular formula is C17H23NO2. The lowest BCUT2D eigenvalue weighted by Gasteiger charge is -2.24. The highest BCUT2D eigenvalue weighted by molar-refractivity contribution is 5.22. The maximum Gasteiger partial charge on any atom is 0.117 e. The molecule has 2 aromatic rings. The molecule has 0 aliphatic carbocycles. The lowest BCUT2D eigenvalue weighted by molar-refractivity contribution is 0.0974. The highest BCUT2D eigenvalue weighted by Crippen LogP contribution is 2.13. The van der Waals surface area contributed by atoms with E-state index in [1.54, 1.807) is 6.26 Å². The fraction of sp³-hybridized carbons (Fsp3) is 0.412. The van der Waals surface area contributed by atoms with Crippen molar-refractivity contribution in [1.29, 1.82) is 0 Å². The first-order chi connectivity index (χ1) is 9.67. The number of aliphatic hydroxyl groups is 1. The van der Waals surface area contributed by atoms with Crippen molar-refractivity contribution in [2.75, 3.05) is 6.54 Å². The standard InChI is InChI=1S/C17H23NO2/c1-3-16(19)12-18(13-17-8-5-9-20-17)11-15-7-4-6-14(2)10-15/h4-10,16,19H,3,11-13H2,1-2H3/t16-/m1/s1. The van der Waals surface area contributed by atoms with E-state index >= 15 is 0 Å². The minimum atomic E-state index is -0.297. The molecular weight excluding hydrogens is 250 g/mol. The van der Waals surface area contributed by atoms with Gasteiger partial charge in [-0.05, 0) is 31.0 Å². The maximum atomic E-state index is 9.92. The molecule has 0 saturated heterocycles. The minimum Gasteiger partial charge on any atom is -0.468 e. The average Bonchev–Trinajstić information content (AvgIpc) is 2.91. The molecule has 0 saturated carbocycles. The smallest absolute Gasteiger partial charge is 0.117 e. The Morgan fingerprint density at radius 2 is 2.05 bits per heavy atom. The van der Waals surface area contributed by atoms with Crippen molar-refractivity contribution in [3.8, 4) is 0 Å². The molecule has 0 radical (unpaired) electrons. The van der Waals surface area contributed by atoms with Gasteiger partial charge >= 0.3 is 0 Å². The van der Waals surface area contributed by atoms with Crippen molar-refractivity contribution in [1.82, 2.24) is 4.90 Å². The summed E-state index contributed by atoms with van der Waals surface area (Å²) in [4.78, 5) is 2.22. The second kappa shape index (κ2) is 7.27. The van der Waals surface area contributed by atoms with Crippen LogP contribution in [0.1, 0.15) is 30.2 Å². The number of hydrogen-bond acceptors (Lipinski definition) is 3. The van der Waals surface area contributed by atoms with E-state index in [9.17, 15) is 5.11 Å². The summed E-state index contributed by atoms with van der Waals surface area (Å²) < 4.78 is 5.42. The van der Waals surface area contributed by atoms with Crippen molar-refractivity contribution >= 4 is 0 Å². The van der Waals surface area contributed by atoms with Gasteiger partial charge in [0.05, 0.1) is 18.9 Å². The molecule has 0 unspecified atom stereocenters. The summed E-state index contributed by atoms with van der Waals surface area (Å²) in [5, 5.41) is 9.92. The number of benzene rings is 1. The molecule has 3 nitrogen and oxygen atoms in total. The van der Waals surface area contributed by atoms with Crippen LogP contribution in [0.3, 0.4) is 0 Å². The molecule has 108 valence electrons. The summed E-state index contributed by atoms with van der Waals surface area (Å²) in [5.74, 6) is 0.931. The summed E-state index contributed by atoms with van der Waals surface area (Å²) in [5.41, 5.74) is 2.52. The van der Waals surface area contributed by atoms with E-state index in [2.05, 4.69) is 36.1 Å². The second-order valence-electron chi connectivity index (χ2n) is 5.30. The predicted molar refractivity (Wildman–Crippen MR) is 80.3 cm³/mol. The van der Waals surface area contributed by atoms with Crippen LogP contribution in [0.25, 0.3) is 0 Å². The third kappa shape index (κ3) is 4.51. The molecule has 1 heterocycles. The lowest BCUT2D eigenvalue weighted by Crippen LogP contribution is -2.31. The highest BCUT2D eigenvalue weighted by Gasteiger charge is 2.13. The van der Waals surface area contributed by atoms with Crippen LogP contribution in [-0.4, -0.2) is 22.7 Å². The zero-order chi connectivity index (χ0) is 14.4. The van der Waals surface area contributed by atoms with E-state index < -0.39 is 0 Å². The molecule has 0 bridgehead atoms. The number of rotatable bonds is 7. The Bertz CT molecular complexity index is 507. The summed E-state index contributed by atoms with van der Waals surface area (Å²) >= 11 is 0. The zero-order valence-corrected chi connectivity index (χ0v) is 12.2. The first-order valence-electron chi connectivity index (χ1n) is 7.15. The van der Waals surface area contributed by atoms with E-state index in [1.165, 1.54) is 11.1 Å². The molecule has 0 fully saturated rings. The van der Waals surface area contributed by atoms with Gasteiger partial charge in [0, 0.05) is 13.1 Å². The molecule has 0 amide bonds. The Hall–Kier alpha value is -1.58. The monoisotopic (exact) mass is 273 g/mol. The topological polar surface area (TPSA) is 36.6 Å². The summed E-state index contributed by atoms with van der Waals surface area (Å²) in [7, 11) is 0. The van der Waals surface area contributed by atoms with Gasteiger partial charge in [-0.3, -0.25) is 4.90 Å². The number of aliphatic hydroxyl groups excluding tert-OH is 1. The normalized spacial score (nSPS) is 12.8. The lowest BCUT2D eigenvalue weighted by atomic mass is 10.1. The number of furan rings is 1. The van der Waals surface area contributed by atoms with Crippen molar-refractivity contribution in [3.63, 3.8) is 0 Å². The molecule has 2 rings (SSSR count). The van der Waals surface area contributed by atoms with Crippen LogP contribution in [0.2, 0.25) is 0 Å². The zero-order valence-electron chi connectivity index (χ0n) is 12.2. The van der Waals surface area contributed by atoms with Crippen LogP contribution >= 0.6 is 0 Å². The van der Waals surface area contributed by atoms with Crippen LogP contribution in [0, 0.1) is 6.92 Å². The molecule has 1 atom stereocenters. The molecule has 1 aromatic heterocycles. The maximum absolute atomic E-state index is 9.92. The Kier molecular flexibility index (Phi) is 5.39. The van der Waals surface area contributed by atoms with Crippen LogP contribution in [-0.2, 0) is 13.1 Å². The van der Waals surface area contributed by atoms with Gasteiger partial charge in [0.2, 0.25) is 0 Å². The summed E-state index contributed by atoms with van der Waals surface area (Å²) in [6, 6.07) is 12.4. The van der Waals surface area contributed by atoms with Gasteiger partial charge in [-0.1, -0.05) is 36.8 Å². The SMILES string of the molecule is CC[C@@H](O)CN(Cc1cccc(C)c1)Cc1ccco1. The van der Waals surface area contributed by atoms with Crippen LogP contribution in [0.5, 0.6) is 0 Å². The van der Waals surface area contributed by atoms with Gasteiger partial charge in [0.25, 0.3) is 0 Å². The molecule has 0 aliphatic rings. The van der Waals surface area contributed by atoms with Crippen LogP contribution < -0.4 is 0 Å². The van der Waals surface area contributed by atoms with E-state index in [-0.39, 0.29) is 6.10 Å². The van der Waals surface area contributed by atoms with Gasteiger partial charge < -0.3 is 9.52 Å². The highest BCUT2D eigenvalue weighted by atomic mass is 16.3. The fourth-order valence-electron chi connectivity index (χ4n) is 2.30. The Morgan fingerprint density at radius 1 is 1.20 bits per heavy atom. The van der Waals surface area contributed by atoms with Gasteiger partial charge in [-0.2, -0.15) is 0 Å². The van der Waals surface area contributed by atoms with E-state index in [0.717, 1.165) is 25.3 Å². The van der Waals surface area contributed by atoms with E-state index in [0.29, 0.717) is 6.54 Å². The van der Waals surface area contributed by atoms with E-state index in [1.807, 2.05) is 19.1 Å². The molecule has 3 heteroatoms. The van der Waals surface area contributed by atoms with Crippen LogP contribution in [0.4, 0.5) is 0 Å². The second-order valence-corrected chi connectivity index (χ2v) is 5.30. The van der Waals surface area contributed by atoms with Crippen molar-refractivity contribution < 1.29 is 9.52 Å². The Labute approximate surface area is 120 Å². The molecule has 1 aromatic carbocycles. The molecule has 0 spiro atoms. The van der Waals surface area contributed by atoms with Crippen molar-refractivity contribution in [2.45, 2.75) is 39.5 Å². The first kappa shape index (κ1) is 14.8. The largest absolute Gasteiger partial charge is 0.468 e. The van der Waals surface area contributed by atoms with Gasteiger partial charge in [0.15, 0.2) is 0 Å². The van der Waals surface area contributed by atoms with Gasteiger partial charge in [-0.25, -0.2) is 0 Å². The quantitative estimate of drug-likeness (QED) is 0.840. The molecule has 1 N–H and O–H groups in total. The first-order valence-corrected chi connectivity index (χ1v) is 7.15. The predicted octanol–water partition coefficient (Wildman–Crippen LogP) is 3.36. The minimum absolute atomic E-state index is 0.297. The van der Waals surface area contributed by atoms with Gasteiger partial charge in [-0.15, -0.1) is 0 Å². The third-order valence-electron chi connectivity index (χ3n) is 3.39. The summed E-state index contributed by atoms with van der Waals surface area (Å²) in [6.07, 6.45) is 2.16. The number of aryl methyl sites for hydroxylation is 1. The average molecular weight is 273 g/mol. The molecule has 20 heavy (non-hydrogen) atoms. The van der Waals surface area contributed by atoms with E-state index in [4.69, 9.17) is 4.42 Å².